The molecule has 7 nitrogen and oxygen atoms in total. The summed E-state index contributed by atoms with van der Waals surface area (Å²) in [5, 5.41) is 6.15. The maximum Gasteiger partial charge on any atom is 0.184 e. The molecule has 0 aliphatic heterocycles. The summed E-state index contributed by atoms with van der Waals surface area (Å²) < 4.78 is 22.1. The fourth-order valence-corrected chi connectivity index (χ4v) is 4.10. The van der Waals surface area contributed by atoms with Crippen LogP contribution in [0.25, 0.3) is 22.2 Å². The number of nitrogens with two attached hydrogens (primary N) is 2. The fraction of sp³-hybridized carbons (Fsp3) is 0.160. The van der Waals surface area contributed by atoms with E-state index in [1.807, 2.05) is 31.2 Å². The minimum Gasteiger partial charge on any atom is -0.472 e. The Hall–Kier alpha value is -4.20. The van der Waals surface area contributed by atoms with E-state index >= 15 is 4.39 Å². The summed E-state index contributed by atoms with van der Waals surface area (Å²) in [7, 11) is 1.78. The van der Waals surface area contributed by atoms with Gasteiger partial charge in [0, 0.05) is 23.7 Å². The molecule has 5 rings (SSSR count). The summed E-state index contributed by atoms with van der Waals surface area (Å²) >= 11 is 0. The molecule has 5 aromatic rings. The highest BCUT2D eigenvalue weighted by atomic mass is 19.1. The van der Waals surface area contributed by atoms with Crippen molar-refractivity contribution in [2.45, 2.75) is 19.3 Å². The van der Waals surface area contributed by atoms with E-state index in [9.17, 15) is 0 Å². The Kier molecular flexibility index (Phi) is 5.05. The Labute approximate surface area is 189 Å². The fourth-order valence-electron chi connectivity index (χ4n) is 4.10. The molecule has 0 saturated carbocycles. The summed E-state index contributed by atoms with van der Waals surface area (Å²) in [4.78, 5) is 9.41. The Morgan fingerprint density at radius 3 is 2.67 bits per heavy atom. The molecular formula is C25H23FN6O. The first-order valence-electron chi connectivity index (χ1n) is 10.6. The van der Waals surface area contributed by atoms with Crippen LogP contribution in [-0.2, 0) is 13.5 Å². The van der Waals surface area contributed by atoms with Crippen molar-refractivity contribution in [2.75, 3.05) is 11.5 Å². The molecule has 1 unspecified atom stereocenters. The van der Waals surface area contributed by atoms with E-state index in [0.717, 1.165) is 28.3 Å². The quantitative estimate of drug-likeness (QED) is 0.383. The Morgan fingerprint density at radius 1 is 1.06 bits per heavy atom. The molecule has 0 aliphatic carbocycles. The first-order chi connectivity index (χ1) is 15.9. The molecule has 3 heterocycles. The number of nitrogens with zero attached hydrogens (tertiary/aromatic N) is 4. The van der Waals surface area contributed by atoms with Crippen LogP contribution in [0.4, 0.5) is 15.9 Å². The van der Waals surface area contributed by atoms with Gasteiger partial charge in [-0.05, 0) is 53.8 Å². The van der Waals surface area contributed by atoms with Gasteiger partial charge in [-0.2, -0.15) is 5.10 Å². The number of aromatic nitrogens is 4. The molecule has 0 radical (unpaired) electrons. The predicted octanol–water partition coefficient (Wildman–Crippen LogP) is 4.67. The predicted molar refractivity (Wildman–Crippen MR) is 126 cm³/mol. The van der Waals surface area contributed by atoms with Crippen LogP contribution in [0.15, 0.2) is 65.5 Å². The number of nitrogen functional groups attached to an aromatic ring is 2. The normalized spacial score (nSPS) is 12.3. The molecule has 4 N–H and O–H groups in total. The molecule has 33 heavy (non-hydrogen) atoms. The third-order valence-electron chi connectivity index (χ3n) is 5.81. The zero-order chi connectivity index (χ0) is 23.1. The molecule has 8 heteroatoms. The molecule has 2 aromatic carbocycles. The van der Waals surface area contributed by atoms with Gasteiger partial charge in [0.1, 0.15) is 23.7 Å². The van der Waals surface area contributed by atoms with E-state index in [2.05, 4.69) is 10.1 Å². The van der Waals surface area contributed by atoms with Gasteiger partial charge in [-0.1, -0.05) is 19.1 Å². The lowest BCUT2D eigenvalue weighted by molar-refractivity contribution is 0.568. The van der Waals surface area contributed by atoms with Crippen molar-refractivity contribution in [3.05, 3.63) is 89.5 Å². The van der Waals surface area contributed by atoms with Crippen molar-refractivity contribution in [3.63, 3.8) is 0 Å². The van der Waals surface area contributed by atoms with Crippen LogP contribution in [0.5, 0.6) is 0 Å². The molecule has 0 bridgehead atoms. The molecule has 0 spiro atoms. The van der Waals surface area contributed by atoms with E-state index < -0.39 is 5.92 Å². The number of anilines is 2. The number of halogens is 1. The second-order valence-corrected chi connectivity index (χ2v) is 7.98. The Morgan fingerprint density at radius 2 is 1.91 bits per heavy atom. The molecule has 0 fully saturated rings. The maximum atomic E-state index is 15.3. The van der Waals surface area contributed by atoms with E-state index in [4.69, 9.17) is 20.9 Å². The van der Waals surface area contributed by atoms with Crippen LogP contribution in [0, 0.1) is 5.82 Å². The standard InChI is InChI=1S/C25H23FN6O/c1-3-14-4-7-20(26)19(10-14)22(25-30-24(31-32(25)2)15-8-9-33-13-15)21-12-16-11-17(27)5-6-18(16)23(28)29-21/h4-13,22H,3,27H2,1-2H3,(H2,28,29). The lowest BCUT2D eigenvalue weighted by Crippen LogP contribution is -2.14. The molecule has 0 aliphatic rings. The van der Waals surface area contributed by atoms with Gasteiger partial charge in [-0.3, -0.25) is 4.68 Å². The van der Waals surface area contributed by atoms with Crippen LogP contribution in [0.3, 0.4) is 0 Å². The number of rotatable bonds is 5. The Bertz CT molecular complexity index is 1460. The molecule has 166 valence electrons. The molecular weight excluding hydrogens is 419 g/mol. The highest BCUT2D eigenvalue weighted by Gasteiger charge is 2.28. The number of fused-ring (bicyclic) bond motifs is 1. The van der Waals surface area contributed by atoms with E-state index in [1.165, 1.54) is 6.07 Å². The van der Waals surface area contributed by atoms with E-state index in [0.29, 0.717) is 34.4 Å². The van der Waals surface area contributed by atoms with E-state index in [1.54, 1.807) is 42.5 Å². The van der Waals surface area contributed by atoms with Gasteiger partial charge in [-0.25, -0.2) is 14.4 Å². The summed E-state index contributed by atoms with van der Waals surface area (Å²) in [6.45, 7) is 2.03. The van der Waals surface area contributed by atoms with Crippen LogP contribution < -0.4 is 11.5 Å². The number of hydrogen-bond acceptors (Lipinski definition) is 6. The zero-order valence-corrected chi connectivity index (χ0v) is 18.3. The number of benzene rings is 2. The first-order valence-corrected chi connectivity index (χ1v) is 10.6. The topological polar surface area (TPSA) is 109 Å². The molecule has 0 saturated heterocycles. The highest BCUT2D eigenvalue weighted by molar-refractivity contribution is 5.93. The number of furan rings is 1. The zero-order valence-electron chi connectivity index (χ0n) is 18.3. The number of aryl methyl sites for hydroxylation is 2. The molecule has 3 aromatic heterocycles. The number of pyridine rings is 1. The van der Waals surface area contributed by atoms with Crippen LogP contribution in [-0.4, -0.2) is 19.7 Å². The van der Waals surface area contributed by atoms with Gasteiger partial charge in [0.05, 0.1) is 23.4 Å². The van der Waals surface area contributed by atoms with Gasteiger partial charge in [-0.15, -0.1) is 0 Å². The van der Waals surface area contributed by atoms with Crippen molar-refractivity contribution in [1.82, 2.24) is 19.7 Å². The molecule has 1 atom stereocenters. The van der Waals surface area contributed by atoms with Crippen molar-refractivity contribution in [3.8, 4) is 11.4 Å². The van der Waals surface area contributed by atoms with Gasteiger partial charge in [0.2, 0.25) is 0 Å². The van der Waals surface area contributed by atoms with Crippen molar-refractivity contribution in [1.29, 1.82) is 0 Å². The largest absolute Gasteiger partial charge is 0.472 e. The van der Waals surface area contributed by atoms with Crippen molar-refractivity contribution in [2.24, 2.45) is 7.05 Å². The maximum absolute atomic E-state index is 15.3. The average molecular weight is 442 g/mol. The highest BCUT2D eigenvalue weighted by Crippen LogP contribution is 2.36. The minimum atomic E-state index is -0.636. The van der Waals surface area contributed by atoms with Gasteiger partial charge in [0.25, 0.3) is 0 Å². The lowest BCUT2D eigenvalue weighted by Gasteiger charge is -2.19. The lowest BCUT2D eigenvalue weighted by atomic mass is 9.91. The summed E-state index contributed by atoms with van der Waals surface area (Å²) in [6, 6.07) is 14.2. The SMILES string of the molecule is CCc1ccc(F)c(C(c2cc3cc(N)ccc3c(N)n2)c2nc(-c3ccoc3)nn2C)c1. The third kappa shape index (κ3) is 3.69. The summed E-state index contributed by atoms with van der Waals surface area (Å²) in [6.07, 6.45) is 3.90. The van der Waals surface area contributed by atoms with Crippen molar-refractivity contribution < 1.29 is 8.81 Å². The average Bonchev–Trinajstić information content (AvgIpc) is 3.45. The monoisotopic (exact) mass is 442 g/mol. The number of hydrogen-bond donors (Lipinski definition) is 2. The minimum absolute atomic E-state index is 0.344. The van der Waals surface area contributed by atoms with Crippen molar-refractivity contribution >= 4 is 22.3 Å². The van der Waals surface area contributed by atoms with Gasteiger partial charge < -0.3 is 15.9 Å². The smallest absolute Gasteiger partial charge is 0.184 e. The first kappa shape index (κ1) is 20.7. The van der Waals surface area contributed by atoms with Crippen LogP contribution in [0.2, 0.25) is 0 Å². The second kappa shape index (κ2) is 8.05. The van der Waals surface area contributed by atoms with Crippen LogP contribution in [0.1, 0.15) is 35.5 Å². The van der Waals surface area contributed by atoms with Gasteiger partial charge >= 0.3 is 0 Å². The summed E-state index contributed by atoms with van der Waals surface area (Å²) in [5.74, 6) is 0.377. The van der Waals surface area contributed by atoms with Gasteiger partial charge in [0.15, 0.2) is 5.82 Å². The van der Waals surface area contributed by atoms with Crippen LogP contribution >= 0.6 is 0 Å². The third-order valence-corrected chi connectivity index (χ3v) is 5.81. The second-order valence-electron chi connectivity index (χ2n) is 7.98. The Balaban J connectivity index is 1.77. The molecule has 0 amide bonds. The van der Waals surface area contributed by atoms with E-state index in [-0.39, 0.29) is 5.82 Å². The summed E-state index contributed by atoms with van der Waals surface area (Å²) in [5.41, 5.74) is 15.7.